The molecule has 1 aliphatic carbocycles. The molecule has 1 atom stereocenters. The number of ether oxygens (including phenoxy) is 1. The van der Waals surface area contributed by atoms with Crippen LogP contribution in [-0.2, 0) is 5.88 Å². The molecule has 25 heavy (non-hydrogen) atoms. The summed E-state index contributed by atoms with van der Waals surface area (Å²) in [5, 5.41) is 0. The van der Waals surface area contributed by atoms with Crippen molar-refractivity contribution in [1.29, 1.82) is 0 Å². The van der Waals surface area contributed by atoms with Gasteiger partial charge in [0, 0.05) is 11.1 Å². The first kappa shape index (κ1) is 18.2. The van der Waals surface area contributed by atoms with Crippen LogP contribution in [0, 0.1) is 5.41 Å². The van der Waals surface area contributed by atoms with E-state index in [1.54, 1.807) is 6.07 Å². The van der Waals surface area contributed by atoms with Crippen molar-refractivity contribution in [2.24, 2.45) is 5.41 Å². The predicted octanol–water partition coefficient (Wildman–Crippen LogP) is 6.99. The molecule has 0 amide bonds. The second-order valence-electron chi connectivity index (χ2n) is 7.33. The van der Waals surface area contributed by atoms with Gasteiger partial charge in [-0.2, -0.15) is 8.78 Å². The van der Waals surface area contributed by atoms with Crippen LogP contribution in [0.1, 0.15) is 50.2 Å². The fourth-order valence-electron chi connectivity index (χ4n) is 4.06. The maximum atomic E-state index is 13.2. The monoisotopic (exact) mass is 364 g/mol. The molecule has 2 aromatic rings. The number of halogens is 3. The van der Waals surface area contributed by atoms with Gasteiger partial charge in [0.15, 0.2) is 0 Å². The van der Waals surface area contributed by atoms with Crippen molar-refractivity contribution in [3.63, 3.8) is 0 Å². The first-order chi connectivity index (χ1) is 11.9. The molecule has 0 unspecified atom stereocenters. The first-order valence-corrected chi connectivity index (χ1v) is 9.19. The van der Waals surface area contributed by atoms with Crippen LogP contribution in [0.15, 0.2) is 42.5 Å². The number of rotatable bonds is 5. The molecule has 0 radical (unpaired) electrons. The van der Waals surface area contributed by atoms with Gasteiger partial charge in [0.05, 0.1) is 5.88 Å². The third-order valence-corrected chi connectivity index (χ3v) is 5.61. The highest BCUT2D eigenvalue weighted by molar-refractivity contribution is 6.17. The Morgan fingerprint density at radius 1 is 1.16 bits per heavy atom. The van der Waals surface area contributed by atoms with Gasteiger partial charge >= 0.3 is 6.61 Å². The molecule has 0 N–H and O–H groups in total. The minimum Gasteiger partial charge on any atom is -0.434 e. The van der Waals surface area contributed by atoms with Gasteiger partial charge in [0.2, 0.25) is 0 Å². The van der Waals surface area contributed by atoms with Crippen LogP contribution < -0.4 is 4.74 Å². The van der Waals surface area contributed by atoms with Gasteiger partial charge < -0.3 is 4.74 Å². The Balaban J connectivity index is 2.25. The van der Waals surface area contributed by atoms with Crippen LogP contribution in [0.3, 0.4) is 0 Å². The molecule has 1 aliphatic rings. The molecule has 0 spiro atoms. The largest absolute Gasteiger partial charge is 0.434 e. The molecule has 1 saturated carbocycles. The summed E-state index contributed by atoms with van der Waals surface area (Å²) in [7, 11) is 0. The van der Waals surface area contributed by atoms with Crippen molar-refractivity contribution in [3.05, 3.63) is 53.6 Å². The van der Waals surface area contributed by atoms with E-state index < -0.39 is 6.61 Å². The van der Waals surface area contributed by atoms with E-state index in [9.17, 15) is 8.78 Å². The summed E-state index contributed by atoms with van der Waals surface area (Å²) in [6.07, 6.45) is 3.13. The summed E-state index contributed by atoms with van der Waals surface area (Å²) in [4.78, 5) is 0. The maximum Gasteiger partial charge on any atom is 0.387 e. The number of benzene rings is 2. The fourth-order valence-corrected chi connectivity index (χ4v) is 4.27. The molecule has 4 heteroatoms. The quantitative estimate of drug-likeness (QED) is 0.519. The molecular formula is C21H23ClF2O. The van der Waals surface area contributed by atoms with Gasteiger partial charge in [-0.3, -0.25) is 0 Å². The zero-order chi connectivity index (χ0) is 18.0. The predicted molar refractivity (Wildman–Crippen MR) is 98.4 cm³/mol. The SMILES string of the molecule is CC1(C)CCC[C@@H]1c1c(-c2ccccc2)ccc(CCl)c1OC(F)F. The summed E-state index contributed by atoms with van der Waals surface area (Å²) >= 11 is 6.04. The number of alkyl halides is 3. The molecule has 0 bridgehead atoms. The highest BCUT2D eigenvalue weighted by atomic mass is 35.5. The van der Waals surface area contributed by atoms with Crippen LogP contribution >= 0.6 is 11.6 Å². The Kier molecular flexibility index (Phi) is 5.33. The highest BCUT2D eigenvalue weighted by Gasteiger charge is 2.39. The summed E-state index contributed by atoms with van der Waals surface area (Å²) < 4.78 is 31.3. The zero-order valence-corrected chi connectivity index (χ0v) is 15.3. The second-order valence-corrected chi connectivity index (χ2v) is 7.59. The Hall–Kier alpha value is -1.61. The zero-order valence-electron chi connectivity index (χ0n) is 14.6. The van der Waals surface area contributed by atoms with Crippen molar-refractivity contribution in [2.75, 3.05) is 0 Å². The third kappa shape index (κ3) is 3.67. The Morgan fingerprint density at radius 3 is 2.44 bits per heavy atom. The minimum absolute atomic E-state index is 0.0364. The van der Waals surface area contributed by atoms with Crippen LogP contribution in [0.5, 0.6) is 5.75 Å². The van der Waals surface area contributed by atoms with E-state index in [2.05, 4.69) is 13.8 Å². The minimum atomic E-state index is -2.86. The fraction of sp³-hybridized carbons (Fsp3) is 0.429. The Bertz CT molecular complexity index is 728. The van der Waals surface area contributed by atoms with E-state index in [1.807, 2.05) is 36.4 Å². The lowest BCUT2D eigenvalue weighted by Gasteiger charge is -2.31. The smallest absolute Gasteiger partial charge is 0.387 e. The molecule has 0 saturated heterocycles. The lowest BCUT2D eigenvalue weighted by Crippen LogP contribution is -2.19. The normalized spacial score (nSPS) is 19.4. The van der Waals surface area contributed by atoms with Crippen LogP contribution in [0.2, 0.25) is 0 Å². The van der Waals surface area contributed by atoms with E-state index in [4.69, 9.17) is 16.3 Å². The lowest BCUT2D eigenvalue weighted by molar-refractivity contribution is -0.0513. The van der Waals surface area contributed by atoms with E-state index in [0.29, 0.717) is 5.56 Å². The topological polar surface area (TPSA) is 9.23 Å². The summed E-state index contributed by atoms with van der Waals surface area (Å²) in [6, 6.07) is 13.7. The third-order valence-electron chi connectivity index (χ3n) is 5.32. The average molecular weight is 365 g/mol. The van der Waals surface area contributed by atoms with Crippen LogP contribution in [-0.4, -0.2) is 6.61 Å². The van der Waals surface area contributed by atoms with Crippen molar-refractivity contribution < 1.29 is 13.5 Å². The molecule has 134 valence electrons. The molecule has 0 heterocycles. The van der Waals surface area contributed by atoms with E-state index in [1.165, 1.54) is 0 Å². The van der Waals surface area contributed by atoms with Gasteiger partial charge in [-0.25, -0.2) is 0 Å². The summed E-state index contributed by atoms with van der Waals surface area (Å²) in [5.41, 5.74) is 3.52. The Morgan fingerprint density at radius 2 is 1.88 bits per heavy atom. The second kappa shape index (κ2) is 7.33. The van der Waals surface area contributed by atoms with Gasteiger partial charge in [0.1, 0.15) is 5.75 Å². The molecule has 1 fully saturated rings. The maximum absolute atomic E-state index is 13.2. The van der Waals surface area contributed by atoms with Gasteiger partial charge in [-0.15, -0.1) is 11.6 Å². The molecular weight excluding hydrogens is 342 g/mol. The van der Waals surface area contributed by atoms with Crippen molar-refractivity contribution in [2.45, 2.75) is 51.5 Å². The molecule has 0 aromatic heterocycles. The van der Waals surface area contributed by atoms with Crippen LogP contribution in [0.4, 0.5) is 8.78 Å². The number of hydrogen-bond acceptors (Lipinski definition) is 1. The van der Waals surface area contributed by atoms with E-state index >= 15 is 0 Å². The highest BCUT2D eigenvalue weighted by Crippen LogP contribution is 2.54. The van der Waals surface area contributed by atoms with Crippen molar-refractivity contribution >= 4 is 11.6 Å². The van der Waals surface area contributed by atoms with E-state index in [-0.39, 0.29) is 23.0 Å². The molecule has 1 nitrogen and oxygen atoms in total. The van der Waals surface area contributed by atoms with E-state index in [0.717, 1.165) is 36.0 Å². The van der Waals surface area contributed by atoms with Crippen LogP contribution in [0.25, 0.3) is 11.1 Å². The van der Waals surface area contributed by atoms with Gasteiger partial charge in [0.25, 0.3) is 0 Å². The number of hydrogen-bond donors (Lipinski definition) is 0. The summed E-state index contributed by atoms with van der Waals surface area (Å²) in [5.74, 6) is 0.586. The Labute approximate surface area is 153 Å². The first-order valence-electron chi connectivity index (χ1n) is 8.66. The lowest BCUT2D eigenvalue weighted by atomic mass is 9.74. The van der Waals surface area contributed by atoms with Gasteiger partial charge in [-0.1, -0.05) is 62.7 Å². The summed E-state index contributed by atoms with van der Waals surface area (Å²) in [6.45, 7) is 1.55. The molecule has 3 rings (SSSR count). The van der Waals surface area contributed by atoms with Crippen molar-refractivity contribution in [1.82, 2.24) is 0 Å². The van der Waals surface area contributed by atoms with Crippen molar-refractivity contribution in [3.8, 4) is 16.9 Å². The standard InChI is InChI=1S/C21H23ClF2O/c1-21(2)12-6-9-17(21)18-16(14-7-4-3-5-8-14)11-10-15(13-22)19(18)25-20(23)24/h3-5,7-8,10-11,17,20H,6,9,12-13H2,1-2H3/t17-/m1/s1. The molecule has 2 aromatic carbocycles. The average Bonchev–Trinajstić information content (AvgIpc) is 2.93. The van der Waals surface area contributed by atoms with Gasteiger partial charge in [-0.05, 0) is 35.3 Å². The molecule has 0 aliphatic heterocycles.